The zero-order chi connectivity index (χ0) is 18.5. The maximum Gasteiger partial charge on any atom is 0.0716 e. The van der Waals surface area contributed by atoms with E-state index in [1.807, 2.05) is 0 Å². The quantitative estimate of drug-likeness (QED) is 0.464. The molecule has 0 spiro atoms. The molecule has 132 valence electrons. The third-order valence-electron chi connectivity index (χ3n) is 5.56. The second-order valence-electron chi connectivity index (χ2n) is 7.19. The number of para-hydroxylation sites is 2. The average molecular weight is 358 g/mol. The van der Waals surface area contributed by atoms with Crippen LogP contribution in [0.15, 0.2) is 97.1 Å². The van der Waals surface area contributed by atoms with Crippen LogP contribution in [0.5, 0.6) is 0 Å². The predicted molar refractivity (Wildman–Crippen MR) is 117 cm³/mol. The van der Waals surface area contributed by atoms with Crippen molar-refractivity contribution in [3.05, 3.63) is 118 Å². The lowest BCUT2D eigenvalue weighted by atomic mass is 10.1. The van der Waals surface area contributed by atoms with Crippen LogP contribution in [0.1, 0.15) is 0 Å². The summed E-state index contributed by atoms with van der Waals surface area (Å²) in [5, 5.41) is 7.27. The van der Waals surface area contributed by atoms with Gasteiger partial charge in [0, 0.05) is 32.2 Å². The average Bonchev–Trinajstić information content (AvgIpc) is 3.52. The SMILES string of the molecule is C1=CC(=c2/c(=c3\[nH]c4ccccc4c3=C3C=CC=C3)[nH]c3ccccc23)C=C1. The van der Waals surface area contributed by atoms with Gasteiger partial charge in [0.2, 0.25) is 0 Å². The number of hydrogen-bond donors (Lipinski definition) is 2. The number of allylic oxidation sites excluding steroid dienone is 8. The minimum atomic E-state index is 1.14. The Morgan fingerprint density at radius 2 is 0.857 bits per heavy atom. The molecular formula is C26H18N2. The van der Waals surface area contributed by atoms with Crippen LogP contribution in [0.3, 0.4) is 0 Å². The van der Waals surface area contributed by atoms with Gasteiger partial charge in [-0.3, -0.25) is 0 Å². The first-order valence-corrected chi connectivity index (χ1v) is 9.56. The van der Waals surface area contributed by atoms with Crippen LogP contribution in [-0.4, -0.2) is 9.97 Å². The molecule has 28 heavy (non-hydrogen) atoms. The lowest BCUT2D eigenvalue weighted by Gasteiger charge is -1.92. The Morgan fingerprint density at radius 1 is 0.464 bits per heavy atom. The third kappa shape index (κ3) is 2.15. The van der Waals surface area contributed by atoms with Gasteiger partial charge in [-0.05, 0) is 23.3 Å². The fourth-order valence-electron chi connectivity index (χ4n) is 4.34. The van der Waals surface area contributed by atoms with Gasteiger partial charge in [-0.25, -0.2) is 0 Å². The van der Waals surface area contributed by atoms with Gasteiger partial charge in [0.25, 0.3) is 0 Å². The van der Waals surface area contributed by atoms with Gasteiger partial charge in [0.1, 0.15) is 0 Å². The maximum atomic E-state index is 3.70. The fraction of sp³-hybridized carbons (Fsp3) is 0. The number of nitrogens with one attached hydrogen (secondary N) is 2. The number of aromatic nitrogens is 2. The van der Waals surface area contributed by atoms with Gasteiger partial charge in [0.05, 0.1) is 10.7 Å². The molecule has 2 aliphatic carbocycles. The molecule has 0 saturated heterocycles. The summed E-state index contributed by atoms with van der Waals surface area (Å²) in [5.74, 6) is 0. The van der Waals surface area contributed by atoms with Crippen molar-refractivity contribution in [2.75, 3.05) is 0 Å². The van der Waals surface area contributed by atoms with E-state index >= 15 is 0 Å². The minimum Gasteiger partial charge on any atom is -0.353 e. The molecule has 0 radical (unpaired) electrons. The highest BCUT2D eigenvalue weighted by atomic mass is 14.8. The van der Waals surface area contributed by atoms with E-state index in [0.717, 1.165) is 21.7 Å². The Hall–Kier alpha value is -3.78. The molecule has 2 heterocycles. The highest BCUT2D eigenvalue weighted by Crippen LogP contribution is 2.16. The van der Waals surface area contributed by atoms with E-state index in [0.29, 0.717) is 0 Å². The van der Waals surface area contributed by atoms with E-state index in [9.17, 15) is 0 Å². The molecular weight excluding hydrogens is 340 g/mol. The molecule has 2 aromatic heterocycles. The number of rotatable bonds is 0. The Balaban J connectivity index is 2.02. The molecule has 0 unspecified atom stereocenters. The molecule has 0 saturated carbocycles. The van der Waals surface area contributed by atoms with E-state index in [4.69, 9.17) is 0 Å². The Bertz CT molecular complexity index is 1450. The first-order chi connectivity index (χ1) is 13.9. The van der Waals surface area contributed by atoms with Gasteiger partial charge in [-0.15, -0.1) is 0 Å². The van der Waals surface area contributed by atoms with Crippen molar-refractivity contribution in [2.24, 2.45) is 0 Å². The molecule has 0 fully saturated rings. The van der Waals surface area contributed by atoms with Crippen LogP contribution in [-0.2, 0) is 0 Å². The molecule has 2 nitrogen and oxygen atoms in total. The van der Waals surface area contributed by atoms with Crippen molar-refractivity contribution < 1.29 is 0 Å². The second kappa shape index (κ2) is 5.86. The van der Waals surface area contributed by atoms with Crippen LogP contribution >= 0.6 is 0 Å². The minimum absolute atomic E-state index is 1.14. The fourth-order valence-corrected chi connectivity index (χ4v) is 4.34. The number of hydrogen-bond acceptors (Lipinski definition) is 0. The van der Waals surface area contributed by atoms with Gasteiger partial charge in [0.15, 0.2) is 0 Å². The van der Waals surface area contributed by atoms with Gasteiger partial charge < -0.3 is 9.97 Å². The third-order valence-corrected chi connectivity index (χ3v) is 5.56. The van der Waals surface area contributed by atoms with Crippen molar-refractivity contribution >= 4 is 33.0 Å². The van der Waals surface area contributed by atoms with Crippen molar-refractivity contribution in [1.29, 1.82) is 0 Å². The molecule has 4 aromatic rings. The van der Waals surface area contributed by atoms with Crippen molar-refractivity contribution in [1.82, 2.24) is 9.97 Å². The van der Waals surface area contributed by atoms with Crippen LogP contribution in [0.2, 0.25) is 0 Å². The molecule has 0 bridgehead atoms. The Kier molecular flexibility index (Phi) is 3.20. The van der Waals surface area contributed by atoms with Crippen molar-refractivity contribution in [2.45, 2.75) is 0 Å². The summed E-state index contributed by atoms with van der Waals surface area (Å²) in [6.45, 7) is 0. The predicted octanol–water partition coefficient (Wildman–Crippen LogP) is 4.49. The molecule has 2 aliphatic rings. The molecule has 0 amide bonds. The summed E-state index contributed by atoms with van der Waals surface area (Å²) in [4.78, 5) is 7.40. The van der Waals surface area contributed by atoms with Gasteiger partial charge in [-0.1, -0.05) is 85.0 Å². The number of benzene rings is 2. The van der Waals surface area contributed by atoms with Crippen LogP contribution in [0.4, 0.5) is 0 Å². The maximum absolute atomic E-state index is 3.70. The summed E-state index contributed by atoms with van der Waals surface area (Å²) in [6, 6.07) is 17.1. The lowest BCUT2D eigenvalue weighted by Crippen LogP contribution is -2.10. The first kappa shape index (κ1) is 15.3. The highest BCUT2D eigenvalue weighted by Gasteiger charge is 2.09. The van der Waals surface area contributed by atoms with Crippen molar-refractivity contribution in [3.63, 3.8) is 0 Å². The van der Waals surface area contributed by atoms with E-state index in [2.05, 4.69) is 107 Å². The summed E-state index contributed by atoms with van der Waals surface area (Å²) in [5.41, 5.74) is 4.78. The monoisotopic (exact) mass is 358 g/mol. The zero-order valence-corrected chi connectivity index (χ0v) is 15.2. The second-order valence-corrected chi connectivity index (χ2v) is 7.19. The van der Waals surface area contributed by atoms with Crippen LogP contribution in [0, 0.1) is 10.7 Å². The zero-order valence-electron chi connectivity index (χ0n) is 15.2. The van der Waals surface area contributed by atoms with Crippen LogP contribution in [0.25, 0.3) is 33.0 Å². The number of fused-ring (bicyclic) bond motifs is 2. The number of H-pyrrole nitrogens is 2. The van der Waals surface area contributed by atoms with E-state index < -0.39 is 0 Å². The molecule has 0 atom stereocenters. The summed E-state index contributed by atoms with van der Waals surface area (Å²) < 4.78 is 0. The first-order valence-electron chi connectivity index (χ1n) is 9.56. The van der Waals surface area contributed by atoms with Gasteiger partial charge in [-0.2, -0.15) is 0 Å². The largest absolute Gasteiger partial charge is 0.353 e. The standard InChI is InChI=1S/C26H18N2/c1-2-10-17(9-1)23-19-13-5-7-15-21(19)27-25(23)26-24(18-11-3-4-12-18)20-14-6-8-16-22(20)28-26/h1-16,27-28H/b26-25+. The summed E-state index contributed by atoms with van der Waals surface area (Å²) in [6.07, 6.45) is 17.1. The highest BCUT2D eigenvalue weighted by molar-refractivity contribution is 5.88. The molecule has 2 aromatic carbocycles. The van der Waals surface area contributed by atoms with Crippen LogP contribution < -0.4 is 10.4 Å². The molecule has 2 heteroatoms. The summed E-state index contributed by atoms with van der Waals surface area (Å²) >= 11 is 0. The lowest BCUT2D eigenvalue weighted by molar-refractivity contribution is 1.23. The van der Waals surface area contributed by atoms with E-state index in [1.165, 1.54) is 32.4 Å². The summed E-state index contributed by atoms with van der Waals surface area (Å²) in [7, 11) is 0. The van der Waals surface area contributed by atoms with E-state index in [1.54, 1.807) is 0 Å². The number of aromatic amines is 2. The Morgan fingerprint density at radius 3 is 1.29 bits per heavy atom. The Labute approximate surface area is 161 Å². The normalized spacial score (nSPS) is 16.4. The van der Waals surface area contributed by atoms with Crippen molar-refractivity contribution in [3.8, 4) is 0 Å². The molecule has 6 rings (SSSR count). The smallest absolute Gasteiger partial charge is 0.0716 e. The van der Waals surface area contributed by atoms with E-state index in [-0.39, 0.29) is 0 Å². The van der Waals surface area contributed by atoms with Gasteiger partial charge >= 0.3 is 0 Å². The molecule has 2 N–H and O–H groups in total. The molecule has 0 aliphatic heterocycles. The topological polar surface area (TPSA) is 31.6 Å².